The monoisotopic (exact) mass is 564 g/mol. The first-order valence-electron chi connectivity index (χ1n) is 15.6. The second-order valence-electron chi connectivity index (χ2n) is 12.6. The molecular weight excluding hydrogens is 524 g/mol. The maximum Gasteiger partial charge on any atom is 0.222 e. The van der Waals surface area contributed by atoms with Gasteiger partial charge in [0.2, 0.25) is 11.4 Å². The van der Waals surface area contributed by atoms with Crippen LogP contribution in [0.5, 0.6) is 0 Å². The summed E-state index contributed by atoms with van der Waals surface area (Å²) in [6, 6.07) is 29.6. The zero-order valence-corrected chi connectivity index (χ0v) is 25.9. The van der Waals surface area contributed by atoms with Gasteiger partial charge in [0.15, 0.2) is 24.6 Å². The van der Waals surface area contributed by atoms with Crippen molar-refractivity contribution in [2.45, 2.75) is 65.3 Å². The highest BCUT2D eigenvalue weighted by molar-refractivity contribution is 6.10. The molecule has 4 heterocycles. The number of nitrogens with zero attached hydrogens (tertiary/aromatic N) is 2. The first-order valence-corrected chi connectivity index (χ1v) is 15.6. The van der Waals surface area contributed by atoms with Gasteiger partial charge in [-0.25, -0.2) is 0 Å². The molecule has 3 heteroatoms. The third-order valence-electron chi connectivity index (χ3n) is 9.53. The van der Waals surface area contributed by atoms with Crippen LogP contribution >= 0.6 is 0 Å². The minimum atomic E-state index is 0.357. The summed E-state index contributed by atoms with van der Waals surface area (Å²) < 4.78 is 11.4. The highest BCUT2D eigenvalue weighted by Crippen LogP contribution is 2.43. The SMILES string of the molecule is C=C[n+]1ccc(C)cc1-c1c(CCC2c3cc(C)ccc3-c3cccc[n+]3C2C)ccc2c1oc1cc(C(C)C)ccc12. The van der Waals surface area contributed by atoms with Crippen molar-refractivity contribution in [2.24, 2.45) is 0 Å². The molecule has 0 bridgehead atoms. The van der Waals surface area contributed by atoms with Crippen LogP contribution < -0.4 is 9.13 Å². The van der Waals surface area contributed by atoms with Gasteiger partial charge in [-0.2, -0.15) is 9.13 Å². The van der Waals surface area contributed by atoms with Crippen LogP contribution in [-0.2, 0) is 6.42 Å². The van der Waals surface area contributed by atoms with Gasteiger partial charge in [-0.05, 0) is 86.6 Å². The van der Waals surface area contributed by atoms with Crippen molar-refractivity contribution < 1.29 is 13.6 Å². The van der Waals surface area contributed by atoms with E-state index in [0.717, 1.165) is 35.1 Å². The lowest BCUT2D eigenvalue weighted by atomic mass is 9.79. The van der Waals surface area contributed by atoms with Gasteiger partial charge in [0, 0.05) is 46.5 Å². The molecule has 1 aliphatic heterocycles. The normalized spacial score (nSPS) is 16.0. The Morgan fingerprint density at radius 2 is 1.67 bits per heavy atom. The predicted molar refractivity (Wildman–Crippen MR) is 177 cm³/mol. The fourth-order valence-corrected chi connectivity index (χ4v) is 7.15. The van der Waals surface area contributed by atoms with Crippen LogP contribution in [0, 0.1) is 13.8 Å². The summed E-state index contributed by atoms with van der Waals surface area (Å²) in [4.78, 5) is 0. The Labute approximate surface area is 254 Å². The lowest BCUT2D eigenvalue weighted by Gasteiger charge is -2.29. The van der Waals surface area contributed by atoms with Gasteiger partial charge in [0.25, 0.3) is 0 Å². The Bertz CT molecular complexity index is 2030. The summed E-state index contributed by atoms with van der Waals surface area (Å²) in [7, 11) is 0. The van der Waals surface area contributed by atoms with Crippen molar-refractivity contribution >= 4 is 28.1 Å². The van der Waals surface area contributed by atoms with Crippen molar-refractivity contribution in [1.82, 2.24) is 0 Å². The Morgan fingerprint density at radius 3 is 2.49 bits per heavy atom. The van der Waals surface area contributed by atoms with E-state index in [-0.39, 0.29) is 0 Å². The van der Waals surface area contributed by atoms with Crippen molar-refractivity contribution in [1.29, 1.82) is 0 Å². The standard InChI is InChI=1S/C40H40N2O/c1-7-41-21-19-27(5)23-37(41)39-29(13-18-34-33-17-14-30(25(2)3)24-38(33)43-40(34)39)12-16-31-28(6)42-20-9-8-10-36(42)32-15-11-26(4)22-35(31)32/h7-11,13-15,17-25,28,31H,1,12,16H2,2-6H3/q+2. The molecule has 0 amide bonds. The molecule has 0 saturated heterocycles. The first-order chi connectivity index (χ1) is 20.8. The zero-order chi connectivity index (χ0) is 29.8. The lowest BCUT2D eigenvalue weighted by molar-refractivity contribution is -0.714. The number of rotatable bonds is 6. The molecule has 0 N–H and O–H groups in total. The van der Waals surface area contributed by atoms with Gasteiger partial charge in [0.1, 0.15) is 11.2 Å². The van der Waals surface area contributed by atoms with E-state index in [1.807, 2.05) is 6.20 Å². The Hall–Kier alpha value is -4.50. The van der Waals surface area contributed by atoms with Crippen LogP contribution in [0.3, 0.4) is 0 Å². The van der Waals surface area contributed by atoms with Gasteiger partial charge in [-0.3, -0.25) is 0 Å². The maximum atomic E-state index is 6.79. The van der Waals surface area contributed by atoms with E-state index in [4.69, 9.17) is 4.42 Å². The molecular formula is C40H40N2O+2. The smallest absolute Gasteiger partial charge is 0.222 e. The quantitative estimate of drug-likeness (QED) is 0.185. The summed E-state index contributed by atoms with van der Waals surface area (Å²) in [5.74, 6) is 0.839. The topological polar surface area (TPSA) is 20.9 Å². The average Bonchev–Trinajstić information content (AvgIpc) is 3.38. The molecule has 214 valence electrons. The highest BCUT2D eigenvalue weighted by atomic mass is 16.3. The Kier molecular flexibility index (Phi) is 6.77. The molecule has 3 nitrogen and oxygen atoms in total. The molecule has 2 unspecified atom stereocenters. The fourth-order valence-electron chi connectivity index (χ4n) is 7.15. The number of benzene rings is 3. The van der Waals surface area contributed by atoms with E-state index in [9.17, 15) is 0 Å². The van der Waals surface area contributed by atoms with Crippen LogP contribution in [-0.4, -0.2) is 0 Å². The maximum absolute atomic E-state index is 6.79. The van der Waals surface area contributed by atoms with E-state index in [1.54, 1.807) is 0 Å². The Morgan fingerprint density at radius 1 is 0.860 bits per heavy atom. The molecule has 0 radical (unpaired) electrons. The largest absolute Gasteiger partial charge is 0.455 e. The summed E-state index contributed by atoms with van der Waals surface area (Å²) in [5.41, 5.74) is 13.5. The first kappa shape index (κ1) is 27.3. The fraction of sp³-hybridized carbons (Fsp3) is 0.250. The van der Waals surface area contributed by atoms with E-state index in [2.05, 4.69) is 142 Å². The summed E-state index contributed by atoms with van der Waals surface area (Å²) in [5, 5.41) is 2.33. The number of aryl methyl sites for hydroxylation is 3. The number of pyridine rings is 2. The van der Waals surface area contributed by atoms with E-state index in [1.165, 1.54) is 50.0 Å². The van der Waals surface area contributed by atoms with Crippen LogP contribution in [0.4, 0.5) is 0 Å². The van der Waals surface area contributed by atoms with Gasteiger partial charge >= 0.3 is 0 Å². The Balaban J connectivity index is 1.38. The average molecular weight is 565 g/mol. The summed E-state index contributed by atoms with van der Waals surface area (Å²) >= 11 is 0. The minimum absolute atomic E-state index is 0.357. The van der Waals surface area contributed by atoms with E-state index in [0.29, 0.717) is 17.9 Å². The van der Waals surface area contributed by atoms with Crippen molar-refractivity contribution in [3.05, 3.63) is 126 Å². The molecule has 0 fully saturated rings. The number of hydrogen-bond acceptors (Lipinski definition) is 1. The van der Waals surface area contributed by atoms with Crippen LogP contribution in [0.15, 0.2) is 102 Å². The third kappa shape index (κ3) is 4.59. The van der Waals surface area contributed by atoms with Gasteiger partial charge in [-0.1, -0.05) is 55.8 Å². The molecule has 2 atom stereocenters. The second kappa shape index (κ2) is 10.6. The van der Waals surface area contributed by atoms with Crippen LogP contribution in [0.1, 0.15) is 72.9 Å². The van der Waals surface area contributed by atoms with Gasteiger partial charge in [0.05, 0.1) is 5.56 Å². The van der Waals surface area contributed by atoms with Crippen LogP contribution in [0.2, 0.25) is 0 Å². The highest BCUT2D eigenvalue weighted by Gasteiger charge is 2.37. The number of aromatic nitrogens is 2. The number of hydrogen-bond donors (Lipinski definition) is 0. The third-order valence-corrected chi connectivity index (χ3v) is 9.53. The molecule has 0 aliphatic carbocycles. The van der Waals surface area contributed by atoms with Crippen molar-refractivity contribution in [3.63, 3.8) is 0 Å². The summed E-state index contributed by atoms with van der Waals surface area (Å²) in [6.07, 6.45) is 8.22. The molecule has 3 aromatic carbocycles. The molecule has 43 heavy (non-hydrogen) atoms. The second-order valence-corrected chi connectivity index (χ2v) is 12.6. The number of fused-ring (bicyclic) bond motifs is 6. The zero-order valence-electron chi connectivity index (χ0n) is 25.9. The molecule has 7 rings (SSSR count). The molecule has 6 aromatic rings. The molecule has 0 saturated carbocycles. The minimum Gasteiger partial charge on any atom is -0.455 e. The molecule has 1 aliphatic rings. The molecule has 3 aromatic heterocycles. The van der Waals surface area contributed by atoms with Gasteiger partial charge in [-0.15, -0.1) is 0 Å². The van der Waals surface area contributed by atoms with Gasteiger partial charge < -0.3 is 4.42 Å². The number of furan rings is 1. The van der Waals surface area contributed by atoms with E-state index < -0.39 is 0 Å². The summed E-state index contributed by atoms with van der Waals surface area (Å²) in [6.45, 7) is 15.3. The lowest BCUT2D eigenvalue weighted by Crippen LogP contribution is -2.45. The van der Waals surface area contributed by atoms with Crippen LogP contribution in [0.25, 0.3) is 50.7 Å². The molecule has 0 spiro atoms. The van der Waals surface area contributed by atoms with Crippen molar-refractivity contribution in [2.75, 3.05) is 0 Å². The van der Waals surface area contributed by atoms with E-state index >= 15 is 0 Å². The van der Waals surface area contributed by atoms with Crippen molar-refractivity contribution in [3.8, 4) is 22.5 Å². The predicted octanol–water partition coefficient (Wildman–Crippen LogP) is 9.63.